The number of benzene rings is 2. The number of para-hydroxylation sites is 1. The van der Waals surface area contributed by atoms with Crippen molar-refractivity contribution >= 4 is 27.5 Å². The van der Waals surface area contributed by atoms with Crippen molar-refractivity contribution in [2.45, 2.75) is 19.5 Å². The third-order valence-corrected chi connectivity index (χ3v) is 4.38. The van der Waals surface area contributed by atoms with Crippen LogP contribution in [0.1, 0.15) is 24.1 Å². The molecule has 2 aromatic rings. The van der Waals surface area contributed by atoms with Gasteiger partial charge in [-0.1, -0.05) is 53.2 Å². The van der Waals surface area contributed by atoms with Crippen LogP contribution >= 0.6 is 15.9 Å². The SMILES string of the molecule is CCN1Cc2ccccc2NC(=O)C1c1ccc(Br)cc1. The van der Waals surface area contributed by atoms with Crippen LogP contribution in [-0.2, 0) is 11.3 Å². The summed E-state index contributed by atoms with van der Waals surface area (Å²) in [6.07, 6.45) is 0. The molecule has 0 aliphatic carbocycles. The highest BCUT2D eigenvalue weighted by atomic mass is 79.9. The fourth-order valence-corrected chi connectivity index (χ4v) is 3.02. The normalized spacial score (nSPS) is 18.8. The molecule has 0 bridgehead atoms. The Balaban J connectivity index is 2.00. The van der Waals surface area contributed by atoms with Crippen LogP contribution in [-0.4, -0.2) is 17.4 Å². The van der Waals surface area contributed by atoms with Crippen molar-refractivity contribution in [3.63, 3.8) is 0 Å². The minimum atomic E-state index is -0.254. The molecule has 0 radical (unpaired) electrons. The molecular formula is C17H17BrN2O. The van der Waals surface area contributed by atoms with Crippen LogP contribution in [0.15, 0.2) is 53.0 Å². The first-order valence-electron chi connectivity index (χ1n) is 7.07. The van der Waals surface area contributed by atoms with Gasteiger partial charge >= 0.3 is 0 Å². The zero-order chi connectivity index (χ0) is 14.8. The molecule has 0 saturated heterocycles. The molecule has 1 aliphatic heterocycles. The second kappa shape index (κ2) is 6.00. The van der Waals surface area contributed by atoms with Gasteiger partial charge in [0.2, 0.25) is 5.91 Å². The molecule has 3 rings (SSSR count). The summed E-state index contributed by atoms with van der Waals surface area (Å²) in [7, 11) is 0. The lowest BCUT2D eigenvalue weighted by Crippen LogP contribution is -2.34. The summed E-state index contributed by atoms with van der Waals surface area (Å²) in [5, 5.41) is 3.06. The monoisotopic (exact) mass is 344 g/mol. The van der Waals surface area contributed by atoms with Crippen LogP contribution in [0.25, 0.3) is 0 Å². The number of hydrogen-bond acceptors (Lipinski definition) is 2. The number of halogens is 1. The number of nitrogens with one attached hydrogen (secondary N) is 1. The largest absolute Gasteiger partial charge is 0.324 e. The zero-order valence-corrected chi connectivity index (χ0v) is 13.4. The number of amides is 1. The molecule has 0 spiro atoms. The topological polar surface area (TPSA) is 32.3 Å². The molecule has 4 heteroatoms. The van der Waals surface area contributed by atoms with E-state index in [0.717, 1.165) is 34.4 Å². The molecule has 0 saturated carbocycles. The predicted octanol–water partition coefficient (Wildman–Crippen LogP) is 3.96. The van der Waals surface area contributed by atoms with Gasteiger partial charge in [0.25, 0.3) is 0 Å². The lowest BCUT2D eigenvalue weighted by molar-refractivity contribution is -0.121. The van der Waals surface area contributed by atoms with E-state index in [2.05, 4.69) is 39.1 Å². The molecule has 1 aliphatic rings. The summed E-state index contributed by atoms with van der Waals surface area (Å²) in [4.78, 5) is 14.9. The predicted molar refractivity (Wildman–Crippen MR) is 88.0 cm³/mol. The van der Waals surface area contributed by atoms with E-state index in [1.807, 2.05) is 42.5 Å². The van der Waals surface area contributed by atoms with E-state index < -0.39 is 0 Å². The van der Waals surface area contributed by atoms with Crippen LogP contribution in [0.3, 0.4) is 0 Å². The molecule has 1 atom stereocenters. The van der Waals surface area contributed by atoms with Crippen molar-refractivity contribution in [1.82, 2.24) is 4.90 Å². The highest BCUT2D eigenvalue weighted by molar-refractivity contribution is 9.10. The first-order valence-corrected chi connectivity index (χ1v) is 7.86. The number of nitrogens with zero attached hydrogens (tertiary/aromatic N) is 1. The summed E-state index contributed by atoms with van der Waals surface area (Å²) >= 11 is 3.44. The second-order valence-electron chi connectivity index (χ2n) is 5.16. The van der Waals surface area contributed by atoms with Crippen molar-refractivity contribution < 1.29 is 4.79 Å². The Morgan fingerprint density at radius 2 is 1.90 bits per heavy atom. The Morgan fingerprint density at radius 1 is 1.19 bits per heavy atom. The van der Waals surface area contributed by atoms with Crippen molar-refractivity contribution in [2.75, 3.05) is 11.9 Å². The molecule has 1 N–H and O–H groups in total. The van der Waals surface area contributed by atoms with E-state index in [1.54, 1.807) is 0 Å². The van der Waals surface area contributed by atoms with Crippen LogP contribution in [0, 0.1) is 0 Å². The number of carbonyl (C=O) groups is 1. The van der Waals surface area contributed by atoms with Gasteiger partial charge in [0.1, 0.15) is 6.04 Å². The Morgan fingerprint density at radius 3 is 2.62 bits per heavy atom. The lowest BCUT2D eigenvalue weighted by Gasteiger charge is -2.27. The van der Waals surface area contributed by atoms with Gasteiger partial charge in [-0.2, -0.15) is 0 Å². The molecular weight excluding hydrogens is 328 g/mol. The quantitative estimate of drug-likeness (QED) is 0.893. The van der Waals surface area contributed by atoms with Crippen LogP contribution < -0.4 is 5.32 Å². The maximum Gasteiger partial charge on any atom is 0.246 e. The summed E-state index contributed by atoms with van der Waals surface area (Å²) < 4.78 is 1.02. The Bertz CT molecular complexity index is 654. The van der Waals surface area contributed by atoms with E-state index in [4.69, 9.17) is 0 Å². The first kappa shape index (κ1) is 14.3. The Labute approximate surface area is 133 Å². The maximum absolute atomic E-state index is 12.7. The minimum Gasteiger partial charge on any atom is -0.324 e. The van der Waals surface area contributed by atoms with E-state index in [-0.39, 0.29) is 11.9 Å². The molecule has 108 valence electrons. The first-order chi connectivity index (χ1) is 10.2. The van der Waals surface area contributed by atoms with Gasteiger partial charge in [0.05, 0.1) is 0 Å². The molecule has 0 aromatic heterocycles. The number of carbonyl (C=O) groups excluding carboxylic acids is 1. The van der Waals surface area contributed by atoms with Gasteiger partial charge in [-0.05, 0) is 35.9 Å². The number of hydrogen-bond donors (Lipinski definition) is 1. The van der Waals surface area contributed by atoms with Crippen LogP contribution in [0.2, 0.25) is 0 Å². The maximum atomic E-state index is 12.7. The smallest absolute Gasteiger partial charge is 0.246 e. The number of rotatable bonds is 2. The average molecular weight is 345 g/mol. The molecule has 1 heterocycles. The van der Waals surface area contributed by atoms with Gasteiger partial charge in [-0.3, -0.25) is 9.69 Å². The number of fused-ring (bicyclic) bond motifs is 1. The lowest BCUT2D eigenvalue weighted by atomic mass is 10.0. The van der Waals surface area contributed by atoms with Gasteiger partial charge < -0.3 is 5.32 Å². The van der Waals surface area contributed by atoms with Crippen LogP contribution in [0.5, 0.6) is 0 Å². The van der Waals surface area contributed by atoms with Gasteiger partial charge in [-0.25, -0.2) is 0 Å². The van der Waals surface area contributed by atoms with Crippen LogP contribution in [0.4, 0.5) is 5.69 Å². The number of likely N-dealkylation sites (N-methyl/N-ethyl adjacent to an activating group) is 1. The number of anilines is 1. The average Bonchev–Trinajstić information content (AvgIpc) is 2.64. The summed E-state index contributed by atoms with van der Waals surface area (Å²) in [5.41, 5.74) is 3.10. The van der Waals surface area contributed by atoms with Crippen molar-refractivity contribution in [2.24, 2.45) is 0 Å². The molecule has 1 unspecified atom stereocenters. The zero-order valence-electron chi connectivity index (χ0n) is 11.8. The van der Waals surface area contributed by atoms with Gasteiger partial charge in [0, 0.05) is 16.7 Å². The standard InChI is InChI=1S/C17H17BrN2O/c1-2-20-11-13-5-3-4-6-15(13)19-17(21)16(20)12-7-9-14(18)10-8-12/h3-10,16H,2,11H2,1H3,(H,19,21). The second-order valence-corrected chi connectivity index (χ2v) is 6.08. The Hall–Kier alpha value is -1.65. The van der Waals surface area contributed by atoms with E-state index >= 15 is 0 Å². The van der Waals surface area contributed by atoms with Crippen molar-refractivity contribution in [3.8, 4) is 0 Å². The molecule has 1 amide bonds. The third kappa shape index (κ3) is 2.87. The van der Waals surface area contributed by atoms with Crippen molar-refractivity contribution in [3.05, 3.63) is 64.1 Å². The molecule has 21 heavy (non-hydrogen) atoms. The fourth-order valence-electron chi connectivity index (χ4n) is 2.76. The molecule has 3 nitrogen and oxygen atoms in total. The van der Waals surface area contributed by atoms with E-state index in [0.29, 0.717) is 0 Å². The summed E-state index contributed by atoms with van der Waals surface area (Å²) in [6.45, 7) is 3.68. The highest BCUT2D eigenvalue weighted by Gasteiger charge is 2.30. The van der Waals surface area contributed by atoms with E-state index in [9.17, 15) is 4.79 Å². The molecule has 2 aromatic carbocycles. The summed E-state index contributed by atoms with van der Waals surface area (Å²) in [5.74, 6) is 0.0316. The third-order valence-electron chi connectivity index (χ3n) is 3.85. The fraction of sp³-hybridized carbons (Fsp3) is 0.235. The van der Waals surface area contributed by atoms with Gasteiger partial charge in [0.15, 0.2) is 0 Å². The van der Waals surface area contributed by atoms with E-state index in [1.165, 1.54) is 0 Å². The summed E-state index contributed by atoms with van der Waals surface area (Å²) in [6, 6.07) is 15.7. The van der Waals surface area contributed by atoms with Crippen molar-refractivity contribution in [1.29, 1.82) is 0 Å². The molecule has 0 fully saturated rings. The highest BCUT2D eigenvalue weighted by Crippen LogP contribution is 2.31. The Kier molecular flexibility index (Phi) is 4.08. The van der Waals surface area contributed by atoms with Gasteiger partial charge in [-0.15, -0.1) is 0 Å². The minimum absolute atomic E-state index is 0.0316.